The molecule has 0 aliphatic carbocycles. The van der Waals surface area contributed by atoms with Crippen LogP contribution in [0.25, 0.3) is 0 Å². The third kappa shape index (κ3) is 8.47. The lowest BCUT2D eigenvalue weighted by Crippen LogP contribution is -2.47. The fraction of sp³-hybridized carbons (Fsp3) is 0.400. The molecule has 1 aromatic heterocycles. The number of hydrogen-bond donors (Lipinski definition) is 2. The maximum Gasteiger partial charge on any atom is 0.219 e. The second-order valence-electron chi connectivity index (χ2n) is 6.85. The summed E-state index contributed by atoms with van der Waals surface area (Å²) in [5.41, 5.74) is 0.966. The van der Waals surface area contributed by atoms with Gasteiger partial charge in [0.25, 0.3) is 0 Å². The summed E-state index contributed by atoms with van der Waals surface area (Å²) in [4.78, 5) is 8.95. The molecule has 2 rings (SSSR count). The van der Waals surface area contributed by atoms with E-state index in [0.717, 1.165) is 23.8 Å². The summed E-state index contributed by atoms with van der Waals surface area (Å²) in [6, 6.07) is 11.2. The standard InChI is InChI=1S/C20H28N4O2.HI/c1-6-21-19(24-20(2,3)4)23-14-15-7-12-18(22-13-15)26-17-10-8-16(25-5)9-11-17;/h7-13H,6,14H2,1-5H3,(H2,21,23,24);1H. The number of nitrogens with zero attached hydrogens (tertiary/aromatic N) is 2. The van der Waals surface area contributed by atoms with E-state index >= 15 is 0 Å². The van der Waals surface area contributed by atoms with E-state index in [-0.39, 0.29) is 29.5 Å². The lowest BCUT2D eigenvalue weighted by molar-refractivity contribution is 0.412. The molecule has 0 spiro atoms. The predicted octanol–water partition coefficient (Wildman–Crippen LogP) is 4.35. The van der Waals surface area contributed by atoms with Gasteiger partial charge < -0.3 is 20.1 Å². The molecule has 2 N–H and O–H groups in total. The van der Waals surface area contributed by atoms with Gasteiger partial charge in [0, 0.05) is 24.3 Å². The fourth-order valence-electron chi connectivity index (χ4n) is 2.16. The Bertz CT molecular complexity index is 710. The van der Waals surface area contributed by atoms with Crippen LogP contribution in [0.2, 0.25) is 0 Å². The monoisotopic (exact) mass is 484 g/mol. The van der Waals surface area contributed by atoms with Crippen LogP contribution >= 0.6 is 24.0 Å². The summed E-state index contributed by atoms with van der Waals surface area (Å²) < 4.78 is 10.9. The Balaban J connectivity index is 0.00000364. The molecular weight excluding hydrogens is 455 g/mol. The lowest BCUT2D eigenvalue weighted by atomic mass is 10.1. The zero-order chi connectivity index (χ0) is 19.0. The van der Waals surface area contributed by atoms with Crippen molar-refractivity contribution >= 4 is 29.9 Å². The minimum absolute atomic E-state index is 0. The predicted molar refractivity (Wildman–Crippen MR) is 120 cm³/mol. The summed E-state index contributed by atoms with van der Waals surface area (Å²) in [6.45, 7) is 9.72. The molecule has 27 heavy (non-hydrogen) atoms. The first-order valence-corrected chi connectivity index (χ1v) is 8.73. The minimum Gasteiger partial charge on any atom is -0.497 e. The maximum absolute atomic E-state index is 5.74. The topological polar surface area (TPSA) is 67.8 Å². The van der Waals surface area contributed by atoms with Crippen LogP contribution in [-0.2, 0) is 6.54 Å². The highest BCUT2D eigenvalue weighted by atomic mass is 127. The first-order chi connectivity index (χ1) is 12.4. The largest absolute Gasteiger partial charge is 0.497 e. The quantitative estimate of drug-likeness (QED) is 0.363. The number of guanidine groups is 1. The van der Waals surface area contributed by atoms with Gasteiger partial charge in [-0.2, -0.15) is 0 Å². The van der Waals surface area contributed by atoms with Crippen molar-refractivity contribution in [1.29, 1.82) is 0 Å². The van der Waals surface area contributed by atoms with Crippen molar-refractivity contribution in [1.82, 2.24) is 15.6 Å². The number of halogens is 1. The van der Waals surface area contributed by atoms with Gasteiger partial charge in [-0.25, -0.2) is 9.98 Å². The molecule has 2 aromatic rings. The van der Waals surface area contributed by atoms with Gasteiger partial charge in [0.1, 0.15) is 11.5 Å². The van der Waals surface area contributed by atoms with Crippen LogP contribution < -0.4 is 20.1 Å². The number of aliphatic imine (C=N–C) groups is 1. The van der Waals surface area contributed by atoms with Crippen molar-refractivity contribution in [2.75, 3.05) is 13.7 Å². The number of rotatable bonds is 6. The van der Waals surface area contributed by atoms with Crippen molar-refractivity contribution in [3.05, 3.63) is 48.2 Å². The second kappa shape index (κ2) is 11.0. The van der Waals surface area contributed by atoms with E-state index in [4.69, 9.17) is 9.47 Å². The number of methoxy groups -OCH3 is 1. The maximum atomic E-state index is 5.74. The summed E-state index contributed by atoms with van der Waals surface area (Å²) >= 11 is 0. The third-order valence-electron chi connectivity index (χ3n) is 3.34. The SMILES string of the molecule is CCNC(=NCc1ccc(Oc2ccc(OC)cc2)nc1)NC(C)(C)C.I. The first kappa shape index (κ1) is 23.0. The number of nitrogens with one attached hydrogen (secondary N) is 2. The Hall–Kier alpha value is -2.03. The summed E-state index contributed by atoms with van der Waals surface area (Å²) in [5.74, 6) is 2.84. The van der Waals surface area contributed by atoms with E-state index in [9.17, 15) is 0 Å². The number of ether oxygens (including phenoxy) is 2. The molecule has 0 atom stereocenters. The normalized spacial score (nSPS) is 11.4. The molecule has 0 aliphatic heterocycles. The van der Waals surface area contributed by atoms with Crippen LogP contribution in [0, 0.1) is 0 Å². The molecule has 7 heteroatoms. The molecule has 148 valence electrons. The van der Waals surface area contributed by atoms with Crippen LogP contribution in [0.3, 0.4) is 0 Å². The second-order valence-corrected chi connectivity index (χ2v) is 6.85. The Morgan fingerprint density at radius 3 is 2.26 bits per heavy atom. The molecule has 0 bridgehead atoms. The average Bonchev–Trinajstić information content (AvgIpc) is 2.60. The highest BCUT2D eigenvalue weighted by Crippen LogP contribution is 2.22. The van der Waals surface area contributed by atoms with Gasteiger partial charge in [-0.15, -0.1) is 24.0 Å². The minimum atomic E-state index is -0.0463. The molecule has 6 nitrogen and oxygen atoms in total. The summed E-state index contributed by atoms with van der Waals surface area (Å²) in [7, 11) is 1.64. The Kier molecular flexibility index (Phi) is 9.34. The highest BCUT2D eigenvalue weighted by Gasteiger charge is 2.11. The molecule has 0 saturated heterocycles. The van der Waals surface area contributed by atoms with Crippen molar-refractivity contribution < 1.29 is 9.47 Å². The van der Waals surface area contributed by atoms with Gasteiger partial charge in [0.2, 0.25) is 5.88 Å². The van der Waals surface area contributed by atoms with Gasteiger partial charge in [0.15, 0.2) is 5.96 Å². The van der Waals surface area contributed by atoms with Crippen LogP contribution in [0.1, 0.15) is 33.3 Å². The van der Waals surface area contributed by atoms with Gasteiger partial charge in [-0.3, -0.25) is 0 Å². The molecule has 0 unspecified atom stereocenters. The van der Waals surface area contributed by atoms with Crippen LogP contribution in [0.15, 0.2) is 47.6 Å². The van der Waals surface area contributed by atoms with E-state index < -0.39 is 0 Å². The highest BCUT2D eigenvalue weighted by molar-refractivity contribution is 14.0. The van der Waals surface area contributed by atoms with E-state index in [1.165, 1.54) is 0 Å². The number of hydrogen-bond acceptors (Lipinski definition) is 4. The molecule has 0 amide bonds. The van der Waals surface area contributed by atoms with Crippen molar-refractivity contribution in [3.8, 4) is 17.4 Å². The van der Waals surface area contributed by atoms with Gasteiger partial charge in [-0.1, -0.05) is 6.07 Å². The third-order valence-corrected chi connectivity index (χ3v) is 3.34. The van der Waals surface area contributed by atoms with E-state index in [0.29, 0.717) is 18.2 Å². The lowest BCUT2D eigenvalue weighted by Gasteiger charge is -2.23. The van der Waals surface area contributed by atoms with Crippen LogP contribution in [0.4, 0.5) is 0 Å². The molecule has 0 radical (unpaired) electrons. The van der Waals surface area contributed by atoms with Crippen LogP contribution in [-0.4, -0.2) is 30.1 Å². The zero-order valence-corrected chi connectivity index (χ0v) is 18.9. The molecular formula is C20H29IN4O2. The summed E-state index contributed by atoms with van der Waals surface area (Å²) in [5, 5.41) is 6.61. The van der Waals surface area contributed by atoms with Crippen molar-refractivity contribution in [3.63, 3.8) is 0 Å². The van der Waals surface area contributed by atoms with Gasteiger partial charge >= 0.3 is 0 Å². The van der Waals surface area contributed by atoms with Gasteiger partial charge in [0.05, 0.1) is 13.7 Å². The Morgan fingerprint density at radius 1 is 1.07 bits per heavy atom. The number of benzene rings is 1. The Labute approximate surface area is 178 Å². The smallest absolute Gasteiger partial charge is 0.219 e. The molecule has 0 saturated carbocycles. The fourth-order valence-corrected chi connectivity index (χ4v) is 2.16. The average molecular weight is 484 g/mol. The molecule has 1 aromatic carbocycles. The Morgan fingerprint density at radius 2 is 1.74 bits per heavy atom. The van der Waals surface area contributed by atoms with Crippen LogP contribution in [0.5, 0.6) is 17.4 Å². The molecule has 1 heterocycles. The number of aromatic nitrogens is 1. The zero-order valence-electron chi connectivity index (χ0n) is 16.6. The van der Waals surface area contributed by atoms with E-state index in [2.05, 4.69) is 41.4 Å². The van der Waals surface area contributed by atoms with E-state index in [1.54, 1.807) is 13.3 Å². The van der Waals surface area contributed by atoms with Crippen molar-refractivity contribution in [2.45, 2.75) is 39.8 Å². The van der Waals surface area contributed by atoms with E-state index in [1.807, 2.05) is 43.3 Å². The number of pyridine rings is 1. The molecule has 0 aliphatic rings. The first-order valence-electron chi connectivity index (χ1n) is 8.73. The summed E-state index contributed by atoms with van der Waals surface area (Å²) in [6.07, 6.45) is 1.78. The van der Waals surface area contributed by atoms with Crippen molar-refractivity contribution in [2.24, 2.45) is 4.99 Å². The van der Waals surface area contributed by atoms with Gasteiger partial charge in [-0.05, 0) is 57.5 Å². The molecule has 0 fully saturated rings.